The zero-order valence-electron chi connectivity index (χ0n) is 21.0. The van der Waals surface area contributed by atoms with Gasteiger partial charge in [0, 0.05) is 54.6 Å². The van der Waals surface area contributed by atoms with Gasteiger partial charge in [-0.2, -0.15) is 0 Å². The van der Waals surface area contributed by atoms with Crippen molar-refractivity contribution < 1.29 is 9.18 Å². The highest BCUT2D eigenvalue weighted by molar-refractivity contribution is 6.06. The van der Waals surface area contributed by atoms with E-state index in [4.69, 9.17) is 0 Å². The Hall–Kier alpha value is -3.94. The molecule has 0 aliphatic heterocycles. The lowest BCUT2D eigenvalue weighted by Gasteiger charge is -2.20. The minimum atomic E-state index is -0.457. The Morgan fingerprint density at radius 3 is 2.58 bits per heavy atom. The fourth-order valence-electron chi connectivity index (χ4n) is 4.35. The molecule has 4 rings (SSSR count). The molecule has 0 aliphatic carbocycles. The Labute approximate surface area is 210 Å². The molecule has 0 fully saturated rings. The number of carbonyl (C=O) groups excluding carboxylic acids is 1. The fraction of sp³-hybridized carbons (Fsp3) is 0.321. The molecule has 186 valence electrons. The van der Waals surface area contributed by atoms with Crippen LogP contribution in [-0.2, 0) is 0 Å². The van der Waals surface area contributed by atoms with Gasteiger partial charge in [-0.15, -0.1) is 0 Å². The van der Waals surface area contributed by atoms with Crippen LogP contribution in [0, 0.1) is 5.82 Å². The minimum absolute atomic E-state index is 0.0379. The van der Waals surface area contributed by atoms with Gasteiger partial charge in [0.25, 0.3) is 5.91 Å². The van der Waals surface area contributed by atoms with Crippen molar-refractivity contribution >= 4 is 22.6 Å². The monoisotopic (exact) mass is 486 g/mol. The quantitative estimate of drug-likeness (QED) is 0.315. The average Bonchev–Trinajstić information content (AvgIpc) is 2.91. The van der Waals surface area contributed by atoms with Gasteiger partial charge in [0.05, 0.1) is 16.8 Å². The smallest absolute Gasteiger partial charge is 0.251 e. The third-order valence-electron chi connectivity index (χ3n) is 6.29. The number of rotatable bonds is 9. The van der Waals surface area contributed by atoms with Crippen molar-refractivity contribution in [1.82, 2.24) is 25.3 Å². The Balaban J connectivity index is 1.61. The fourth-order valence-corrected chi connectivity index (χ4v) is 4.35. The van der Waals surface area contributed by atoms with E-state index in [2.05, 4.69) is 51.3 Å². The van der Waals surface area contributed by atoms with Crippen LogP contribution in [0.4, 0.5) is 10.2 Å². The normalized spacial score (nSPS) is 12.1. The Morgan fingerprint density at radius 2 is 1.89 bits per heavy atom. The molecule has 0 bridgehead atoms. The zero-order valence-corrected chi connectivity index (χ0v) is 21.0. The summed E-state index contributed by atoms with van der Waals surface area (Å²) < 4.78 is 14.8. The van der Waals surface area contributed by atoms with Crippen LogP contribution < -0.4 is 10.6 Å². The Bertz CT molecular complexity index is 1360. The molecular weight excluding hydrogens is 455 g/mol. The maximum absolute atomic E-state index is 14.8. The van der Waals surface area contributed by atoms with E-state index >= 15 is 0 Å². The molecule has 3 heterocycles. The van der Waals surface area contributed by atoms with E-state index in [-0.39, 0.29) is 22.8 Å². The van der Waals surface area contributed by atoms with Crippen LogP contribution >= 0.6 is 0 Å². The molecule has 1 atom stereocenters. The molecule has 1 unspecified atom stereocenters. The largest absolute Gasteiger partial charge is 0.369 e. The van der Waals surface area contributed by atoms with Crippen molar-refractivity contribution in [2.45, 2.75) is 45.4 Å². The summed E-state index contributed by atoms with van der Waals surface area (Å²) in [5.41, 5.74) is 4.43. The number of pyridine rings is 2. The number of hydrogen-bond acceptors (Lipinski definition) is 6. The van der Waals surface area contributed by atoms with Gasteiger partial charge in [-0.1, -0.05) is 33.3 Å². The van der Waals surface area contributed by atoms with Crippen LogP contribution in [0.25, 0.3) is 22.2 Å². The SMILES string of the molecule is CCCC(CNc1cc(-c2ccc(C(C)C)nc2)ncn1)c1ccc(F)c2c(C(=O)NC)ccnc12. The zero-order chi connectivity index (χ0) is 25.7. The van der Waals surface area contributed by atoms with E-state index in [1.807, 2.05) is 24.4 Å². The van der Waals surface area contributed by atoms with E-state index in [0.717, 1.165) is 35.4 Å². The third kappa shape index (κ3) is 5.32. The Morgan fingerprint density at radius 1 is 1.06 bits per heavy atom. The summed E-state index contributed by atoms with van der Waals surface area (Å²) in [5, 5.41) is 6.25. The third-order valence-corrected chi connectivity index (χ3v) is 6.29. The Kier molecular flexibility index (Phi) is 7.83. The maximum Gasteiger partial charge on any atom is 0.251 e. The van der Waals surface area contributed by atoms with Crippen molar-refractivity contribution in [3.8, 4) is 11.3 Å². The summed E-state index contributed by atoms with van der Waals surface area (Å²) in [6, 6.07) is 10.7. The van der Waals surface area contributed by atoms with E-state index in [9.17, 15) is 9.18 Å². The van der Waals surface area contributed by atoms with E-state index < -0.39 is 5.82 Å². The second kappa shape index (κ2) is 11.2. The van der Waals surface area contributed by atoms with E-state index in [1.54, 1.807) is 18.3 Å². The van der Waals surface area contributed by atoms with Crippen molar-refractivity contribution in [3.63, 3.8) is 0 Å². The molecule has 3 aromatic heterocycles. The number of hydrogen-bond donors (Lipinski definition) is 2. The van der Waals surface area contributed by atoms with Gasteiger partial charge in [0.15, 0.2) is 0 Å². The summed E-state index contributed by atoms with van der Waals surface area (Å²) >= 11 is 0. The van der Waals surface area contributed by atoms with Gasteiger partial charge in [0.2, 0.25) is 0 Å². The first-order valence-corrected chi connectivity index (χ1v) is 12.2. The number of anilines is 1. The number of nitrogens with one attached hydrogen (secondary N) is 2. The first-order valence-electron chi connectivity index (χ1n) is 12.2. The number of nitrogens with zero attached hydrogens (tertiary/aromatic N) is 4. The lowest BCUT2D eigenvalue weighted by molar-refractivity contribution is 0.0964. The van der Waals surface area contributed by atoms with Crippen LogP contribution in [0.1, 0.15) is 67.1 Å². The minimum Gasteiger partial charge on any atom is -0.369 e. The molecule has 2 N–H and O–H groups in total. The van der Waals surface area contributed by atoms with Gasteiger partial charge in [0.1, 0.15) is 18.0 Å². The summed E-state index contributed by atoms with van der Waals surface area (Å²) in [5.74, 6) is 0.297. The molecule has 8 heteroatoms. The molecule has 0 saturated heterocycles. The summed E-state index contributed by atoms with van der Waals surface area (Å²) in [6.07, 6.45) is 6.72. The van der Waals surface area contributed by atoms with Gasteiger partial charge in [-0.25, -0.2) is 14.4 Å². The standard InChI is InChI=1S/C28H31FN6O/c1-5-6-18(20-8-9-22(29)26-21(28(36)30-4)11-12-31-27(20)26)14-33-25-13-24(34-16-35-25)19-7-10-23(17(2)3)32-15-19/h7-13,15-18H,5-6,14H2,1-4H3,(H,30,36)(H,33,34,35). The van der Waals surface area contributed by atoms with Crippen LogP contribution in [0.15, 0.2) is 55.1 Å². The van der Waals surface area contributed by atoms with Gasteiger partial charge in [-0.3, -0.25) is 14.8 Å². The van der Waals surface area contributed by atoms with Crippen molar-refractivity contribution in [3.05, 3.63) is 77.8 Å². The highest BCUT2D eigenvalue weighted by Crippen LogP contribution is 2.31. The second-order valence-corrected chi connectivity index (χ2v) is 9.08. The predicted octanol–water partition coefficient (Wildman–Crippen LogP) is 5.70. The highest BCUT2D eigenvalue weighted by atomic mass is 19.1. The first-order chi connectivity index (χ1) is 17.4. The van der Waals surface area contributed by atoms with E-state index in [0.29, 0.717) is 23.8 Å². The predicted molar refractivity (Wildman–Crippen MR) is 141 cm³/mol. The molecule has 0 spiro atoms. The second-order valence-electron chi connectivity index (χ2n) is 9.08. The summed E-state index contributed by atoms with van der Waals surface area (Å²) in [7, 11) is 1.53. The highest BCUT2D eigenvalue weighted by Gasteiger charge is 2.20. The molecule has 1 aromatic carbocycles. The lowest BCUT2D eigenvalue weighted by atomic mass is 9.91. The van der Waals surface area contributed by atoms with Gasteiger partial charge >= 0.3 is 0 Å². The molecule has 7 nitrogen and oxygen atoms in total. The van der Waals surface area contributed by atoms with Crippen LogP contribution in [-0.4, -0.2) is 39.4 Å². The average molecular weight is 487 g/mol. The van der Waals surface area contributed by atoms with Crippen molar-refractivity contribution in [2.75, 3.05) is 18.9 Å². The number of carbonyl (C=O) groups is 1. The van der Waals surface area contributed by atoms with Crippen LogP contribution in [0.3, 0.4) is 0 Å². The number of amides is 1. The van der Waals surface area contributed by atoms with Crippen molar-refractivity contribution in [1.29, 1.82) is 0 Å². The molecular formula is C28H31FN6O. The number of fused-ring (bicyclic) bond motifs is 1. The number of benzene rings is 1. The lowest BCUT2D eigenvalue weighted by Crippen LogP contribution is -2.19. The van der Waals surface area contributed by atoms with Crippen molar-refractivity contribution in [2.24, 2.45) is 0 Å². The topological polar surface area (TPSA) is 92.7 Å². The number of halogens is 1. The first kappa shape index (κ1) is 25.2. The van der Waals surface area contributed by atoms with Crippen LogP contribution in [0.5, 0.6) is 0 Å². The summed E-state index contributed by atoms with van der Waals surface area (Å²) in [4.78, 5) is 30.2. The number of aromatic nitrogens is 4. The molecule has 0 saturated carbocycles. The molecule has 0 aliphatic rings. The summed E-state index contributed by atoms with van der Waals surface area (Å²) in [6.45, 7) is 6.90. The molecule has 0 radical (unpaired) electrons. The molecule has 1 amide bonds. The van der Waals surface area contributed by atoms with Gasteiger partial charge < -0.3 is 10.6 Å². The maximum atomic E-state index is 14.8. The molecule has 36 heavy (non-hydrogen) atoms. The molecule has 4 aromatic rings. The van der Waals surface area contributed by atoms with Gasteiger partial charge in [-0.05, 0) is 42.2 Å². The van der Waals surface area contributed by atoms with Crippen LogP contribution in [0.2, 0.25) is 0 Å². The van der Waals surface area contributed by atoms with E-state index in [1.165, 1.54) is 19.4 Å².